The fourth-order valence-electron chi connectivity index (χ4n) is 6.03. The molecule has 4 aromatic carbocycles. The summed E-state index contributed by atoms with van der Waals surface area (Å²) in [6.07, 6.45) is 10.3. The molecule has 0 radical (unpaired) electrons. The number of fused-ring (bicyclic) bond motifs is 4. The molecule has 0 spiro atoms. The normalized spacial score (nSPS) is 15.8. The second-order valence-corrected chi connectivity index (χ2v) is 11.3. The minimum absolute atomic E-state index is 0.189. The van der Waals surface area contributed by atoms with Crippen LogP contribution in [0.1, 0.15) is 28.5 Å². The summed E-state index contributed by atoms with van der Waals surface area (Å²) in [5, 5.41) is 1.37. The maximum atomic E-state index is 4.27. The van der Waals surface area contributed by atoms with Crippen molar-refractivity contribution in [3.63, 3.8) is 0 Å². The molecular formula is C37H28S. The van der Waals surface area contributed by atoms with Crippen LogP contribution in [0.3, 0.4) is 0 Å². The maximum absolute atomic E-state index is 4.27. The van der Waals surface area contributed by atoms with Crippen molar-refractivity contribution in [3.05, 3.63) is 149 Å². The minimum Gasteiger partial charge on any atom is -0.135 e. The summed E-state index contributed by atoms with van der Waals surface area (Å²) < 4.78 is 1.35. The first-order valence-electron chi connectivity index (χ1n) is 13.2. The van der Waals surface area contributed by atoms with E-state index in [1.165, 1.54) is 70.6 Å². The molecule has 0 aliphatic heterocycles. The average Bonchev–Trinajstić information content (AvgIpc) is 3.64. The maximum Gasteiger partial charge on any atom is 0.0427 e. The molecule has 1 unspecified atom stereocenters. The van der Waals surface area contributed by atoms with E-state index in [4.69, 9.17) is 0 Å². The van der Waals surface area contributed by atoms with Crippen LogP contribution in [-0.2, 0) is 6.42 Å². The first-order valence-corrected chi connectivity index (χ1v) is 14.0. The highest BCUT2D eigenvalue weighted by atomic mass is 32.1. The molecule has 0 saturated heterocycles. The van der Waals surface area contributed by atoms with Crippen molar-refractivity contribution in [1.29, 1.82) is 0 Å². The van der Waals surface area contributed by atoms with E-state index in [-0.39, 0.29) is 5.92 Å². The quantitative estimate of drug-likeness (QED) is 0.209. The van der Waals surface area contributed by atoms with Gasteiger partial charge < -0.3 is 0 Å². The Morgan fingerprint density at radius 2 is 1.42 bits per heavy atom. The molecule has 38 heavy (non-hydrogen) atoms. The molecule has 0 saturated carbocycles. The summed E-state index contributed by atoms with van der Waals surface area (Å²) in [6.45, 7) is 6.52. The molecule has 7 rings (SSSR count). The lowest BCUT2D eigenvalue weighted by atomic mass is 9.93. The predicted molar refractivity (Wildman–Crippen MR) is 166 cm³/mol. The van der Waals surface area contributed by atoms with Crippen molar-refractivity contribution < 1.29 is 0 Å². The lowest BCUT2D eigenvalue weighted by molar-refractivity contribution is 0.935. The van der Waals surface area contributed by atoms with E-state index in [9.17, 15) is 0 Å². The molecule has 1 heterocycles. The zero-order valence-electron chi connectivity index (χ0n) is 21.4. The smallest absolute Gasteiger partial charge is 0.0427 e. The molecule has 182 valence electrons. The summed E-state index contributed by atoms with van der Waals surface area (Å²) in [4.78, 5) is 1.38. The van der Waals surface area contributed by atoms with Gasteiger partial charge >= 0.3 is 0 Å². The highest BCUT2D eigenvalue weighted by molar-refractivity contribution is 7.20. The monoisotopic (exact) mass is 504 g/mol. The molecule has 0 nitrogen and oxygen atoms in total. The SMILES string of the molecule is C=CC(C=C1C(C)=Cc2c1sc1cccc(-c3ccccc3)c21)C1=Cc2c(cccc2-c2ccccc2)C1. The molecule has 1 heteroatoms. The average molecular weight is 505 g/mol. The van der Waals surface area contributed by atoms with Crippen LogP contribution in [0.5, 0.6) is 0 Å². The first kappa shape index (κ1) is 23.0. The Labute approximate surface area is 228 Å². The second kappa shape index (κ2) is 9.28. The molecule has 2 aliphatic carbocycles. The van der Waals surface area contributed by atoms with Crippen LogP contribution >= 0.6 is 11.3 Å². The topological polar surface area (TPSA) is 0 Å². The Bertz CT molecular complexity index is 1790. The number of rotatable bonds is 5. The Kier molecular flexibility index (Phi) is 5.60. The van der Waals surface area contributed by atoms with E-state index in [1.54, 1.807) is 0 Å². The molecule has 0 amide bonds. The number of allylic oxidation sites excluding steroid dienone is 5. The molecule has 0 fully saturated rings. The van der Waals surface area contributed by atoms with Crippen molar-refractivity contribution >= 4 is 39.1 Å². The molecule has 0 N–H and O–H groups in total. The van der Waals surface area contributed by atoms with Crippen molar-refractivity contribution in [1.82, 2.24) is 0 Å². The highest BCUT2D eigenvalue weighted by Gasteiger charge is 2.26. The Morgan fingerprint density at radius 3 is 2.16 bits per heavy atom. The van der Waals surface area contributed by atoms with Crippen molar-refractivity contribution in [2.75, 3.05) is 0 Å². The van der Waals surface area contributed by atoms with Gasteiger partial charge in [0.05, 0.1) is 0 Å². The zero-order chi connectivity index (χ0) is 25.6. The van der Waals surface area contributed by atoms with Gasteiger partial charge in [0.25, 0.3) is 0 Å². The fraction of sp³-hybridized carbons (Fsp3) is 0.0811. The lowest BCUT2D eigenvalue weighted by Gasteiger charge is -2.12. The van der Waals surface area contributed by atoms with E-state index in [2.05, 4.69) is 135 Å². The van der Waals surface area contributed by atoms with Crippen molar-refractivity contribution in [2.24, 2.45) is 5.92 Å². The molecule has 2 aliphatic rings. The molecular weight excluding hydrogens is 476 g/mol. The third-order valence-corrected chi connectivity index (χ3v) is 9.11. The largest absolute Gasteiger partial charge is 0.135 e. The Balaban J connectivity index is 1.30. The second-order valence-electron chi connectivity index (χ2n) is 10.2. The Hall–Kier alpha value is -4.20. The van der Waals surface area contributed by atoms with Gasteiger partial charge in [0.15, 0.2) is 0 Å². The summed E-state index contributed by atoms with van der Waals surface area (Å²) in [5.74, 6) is 0.189. The number of hydrogen-bond donors (Lipinski definition) is 0. The van der Waals surface area contributed by atoms with Crippen LogP contribution in [0.2, 0.25) is 0 Å². The number of hydrogen-bond acceptors (Lipinski definition) is 1. The van der Waals surface area contributed by atoms with E-state index >= 15 is 0 Å². The van der Waals surface area contributed by atoms with Crippen LogP contribution in [0.15, 0.2) is 127 Å². The Morgan fingerprint density at radius 1 is 0.737 bits per heavy atom. The number of benzene rings is 4. The van der Waals surface area contributed by atoms with E-state index in [0.717, 1.165) is 6.42 Å². The van der Waals surface area contributed by atoms with E-state index in [1.807, 2.05) is 11.3 Å². The summed E-state index contributed by atoms with van der Waals surface area (Å²) in [6, 6.07) is 34.9. The first-order chi connectivity index (χ1) is 18.7. The van der Waals surface area contributed by atoms with Gasteiger partial charge in [-0.3, -0.25) is 0 Å². The fourth-order valence-corrected chi connectivity index (χ4v) is 7.33. The van der Waals surface area contributed by atoms with Gasteiger partial charge in [-0.25, -0.2) is 0 Å². The summed E-state index contributed by atoms with van der Waals surface area (Å²) >= 11 is 1.92. The molecule has 0 bridgehead atoms. The van der Waals surface area contributed by atoms with Gasteiger partial charge in [0.1, 0.15) is 0 Å². The summed E-state index contributed by atoms with van der Waals surface area (Å²) in [7, 11) is 0. The number of thiophene rings is 1. The highest BCUT2D eigenvalue weighted by Crippen LogP contribution is 2.49. The van der Waals surface area contributed by atoms with Gasteiger partial charge in [0, 0.05) is 26.4 Å². The van der Waals surface area contributed by atoms with Gasteiger partial charge in [0.2, 0.25) is 0 Å². The van der Waals surface area contributed by atoms with Crippen LogP contribution in [0.4, 0.5) is 0 Å². The van der Waals surface area contributed by atoms with Crippen LogP contribution < -0.4 is 0 Å². The van der Waals surface area contributed by atoms with Gasteiger partial charge in [-0.15, -0.1) is 17.9 Å². The standard InChI is InChI=1S/C37H28S/c1-3-25(29-21-28-16-10-17-30(33(28)23-29)26-12-6-4-7-13-26)22-32-24(2)20-34-36-31(27-14-8-5-9-15-27)18-11-19-35(36)38-37(32)34/h3-20,22-23,25H,1,21H2,2H3. The van der Waals surface area contributed by atoms with E-state index in [0.29, 0.717) is 0 Å². The minimum atomic E-state index is 0.189. The molecule has 1 aromatic heterocycles. The third-order valence-electron chi connectivity index (χ3n) is 7.90. The van der Waals surface area contributed by atoms with Gasteiger partial charge in [-0.05, 0) is 70.0 Å². The zero-order valence-corrected chi connectivity index (χ0v) is 22.3. The molecule has 1 atom stereocenters. The third kappa shape index (κ3) is 3.74. The van der Waals surface area contributed by atoms with Gasteiger partial charge in [-0.1, -0.05) is 115 Å². The molecule has 5 aromatic rings. The van der Waals surface area contributed by atoms with E-state index < -0.39 is 0 Å². The summed E-state index contributed by atoms with van der Waals surface area (Å²) in [5.41, 5.74) is 13.4. The lowest BCUT2D eigenvalue weighted by Crippen LogP contribution is -1.99. The predicted octanol–water partition coefficient (Wildman–Crippen LogP) is 10.5. The van der Waals surface area contributed by atoms with Crippen molar-refractivity contribution in [2.45, 2.75) is 13.3 Å². The van der Waals surface area contributed by atoms with Gasteiger partial charge in [-0.2, -0.15) is 0 Å². The van der Waals surface area contributed by atoms with Crippen molar-refractivity contribution in [3.8, 4) is 22.3 Å². The van der Waals surface area contributed by atoms with Crippen LogP contribution in [0.25, 0.3) is 50.1 Å². The van der Waals surface area contributed by atoms with Crippen LogP contribution in [-0.4, -0.2) is 0 Å². The van der Waals surface area contributed by atoms with Crippen LogP contribution in [0, 0.1) is 5.92 Å².